The van der Waals surface area contributed by atoms with Crippen LogP contribution in [0.25, 0.3) is 0 Å². The van der Waals surface area contributed by atoms with Crippen LogP contribution in [0.4, 0.5) is 0 Å². The Morgan fingerprint density at radius 2 is 1.42 bits per heavy atom. The van der Waals surface area contributed by atoms with E-state index in [9.17, 15) is 14.5 Å². The summed E-state index contributed by atoms with van der Waals surface area (Å²) in [4.78, 5) is 11.9. The van der Waals surface area contributed by atoms with Crippen molar-refractivity contribution >= 4 is 13.8 Å². The summed E-state index contributed by atoms with van der Waals surface area (Å²) in [5.41, 5.74) is 2.05. The van der Waals surface area contributed by atoms with Gasteiger partial charge in [-0.2, -0.15) is 0 Å². The van der Waals surface area contributed by atoms with Gasteiger partial charge in [-0.05, 0) is 23.3 Å². The Hall–Kier alpha value is -2.96. The van der Waals surface area contributed by atoms with Crippen molar-refractivity contribution in [1.29, 1.82) is 0 Å². The average Bonchev–Trinajstić information content (AvgIpc) is 2.82. The second-order valence-electron chi connectivity index (χ2n) is 6.53. The van der Waals surface area contributed by atoms with Crippen LogP contribution in [0.1, 0.15) is 27.0 Å². The van der Waals surface area contributed by atoms with Crippen molar-refractivity contribution in [3.8, 4) is 5.75 Å². The van der Waals surface area contributed by atoms with Crippen LogP contribution < -0.4 is 4.52 Å². The van der Waals surface area contributed by atoms with Gasteiger partial charge in [0, 0.05) is 5.56 Å². The first-order valence-corrected chi connectivity index (χ1v) is 11.0. The highest BCUT2D eigenvalue weighted by Gasteiger charge is 2.30. The number of rotatable bonds is 10. The van der Waals surface area contributed by atoms with E-state index in [4.69, 9.17) is 18.3 Å². The van der Waals surface area contributed by atoms with Crippen molar-refractivity contribution in [2.45, 2.75) is 19.8 Å². The van der Waals surface area contributed by atoms with Gasteiger partial charge in [-0.3, -0.25) is 9.05 Å². The first-order valence-electron chi connectivity index (χ1n) is 9.51. The minimum absolute atomic E-state index is 0.00913. The zero-order valence-corrected chi connectivity index (χ0v) is 17.9. The van der Waals surface area contributed by atoms with Crippen molar-refractivity contribution in [3.63, 3.8) is 0 Å². The summed E-state index contributed by atoms with van der Waals surface area (Å²) in [5.74, 6) is -0.588. The molecule has 0 unspecified atom stereocenters. The number of carbonyl (C=O) groups is 1. The number of hydrogen-bond acceptors (Lipinski definition) is 7. The molecule has 0 aliphatic heterocycles. The van der Waals surface area contributed by atoms with Crippen LogP contribution >= 0.6 is 7.82 Å². The molecule has 3 rings (SSSR count). The Morgan fingerprint density at radius 3 is 1.90 bits per heavy atom. The number of aliphatic hydroxyl groups excluding tert-OH is 1. The van der Waals surface area contributed by atoms with Gasteiger partial charge in [0.25, 0.3) is 0 Å². The van der Waals surface area contributed by atoms with E-state index >= 15 is 0 Å². The van der Waals surface area contributed by atoms with Crippen molar-refractivity contribution in [3.05, 3.63) is 101 Å². The molecule has 31 heavy (non-hydrogen) atoms. The van der Waals surface area contributed by atoms with Crippen LogP contribution in [-0.4, -0.2) is 18.2 Å². The monoisotopic (exact) mass is 442 g/mol. The fourth-order valence-electron chi connectivity index (χ4n) is 2.68. The second kappa shape index (κ2) is 10.9. The van der Waals surface area contributed by atoms with Gasteiger partial charge in [-0.15, -0.1) is 0 Å². The molecule has 0 bridgehead atoms. The molecule has 3 aromatic rings. The molecule has 0 amide bonds. The molecular formula is C23H23O7P. The number of esters is 1. The maximum absolute atomic E-state index is 13.5. The predicted molar refractivity (Wildman–Crippen MR) is 114 cm³/mol. The zero-order chi connectivity index (χ0) is 22.1. The summed E-state index contributed by atoms with van der Waals surface area (Å²) in [6.07, 6.45) is 0. The molecule has 7 nitrogen and oxygen atoms in total. The summed E-state index contributed by atoms with van der Waals surface area (Å²) >= 11 is 0. The van der Waals surface area contributed by atoms with E-state index in [0.717, 1.165) is 11.1 Å². The maximum Gasteiger partial charge on any atom is 0.530 e. The SMILES string of the molecule is COC(=O)c1ccc(CO)c(OP(=O)(OCc2ccccc2)OCc2ccccc2)c1. The van der Waals surface area contributed by atoms with E-state index in [2.05, 4.69) is 0 Å². The number of hydrogen-bond donors (Lipinski definition) is 1. The number of phosphoric acid groups is 1. The van der Waals surface area contributed by atoms with Crippen LogP contribution in [0.5, 0.6) is 5.75 Å². The summed E-state index contributed by atoms with van der Waals surface area (Å²) in [6.45, 7) is -0.426. The molecule has 0 radical (unpaired) electrons. The van der Waals surface area contributed by atoms with Crippen molar-refractivity contribution in [2.24, 2.45) is 0 Å². The lowest BCUT2D eigenvalue weighted by Gasteiger charge is -2.20. The number of benzene rings is 3. The molecule has 0 saturated carbocycles. The molecule has 1 N–H and O–H groups in total. The molecule has 0 aromatic heterocycles. The van der Waals surface area contributed by atoms with Gasteiger partial charge < -0.3 is 14.4 Å². The van der Waals surface area contributed by atoms with Crippen LogP contribution in [0, 0.1) is 0 Å². The Labute approximate surface area is 180 Å². The van der Waals surface area contributed by atoms with E-state index in [1.807, 2.05) is 60.7 Å². The molecule has 162 valence electrons. The first kappa shape index (κ1) is 22.7. The molecule has 8 heteroatoms. The fourth-order valence-corrected chi connectivity index (χ4v) is 3.89. The van der Waals surface area contributed by atoms with E-state index in [1.54, 1.807) is 0 Å². The van der Waals surface area contributed by atoms with Gasteiger partial charge in [0.15, 0.2) is 0 Å². The number of aliphatic hydroxyl groups is 1. The van der Waals surface area contributed by atoms with Crippen LogP contribution in [0.15, 0.2) is 78.9 Å². The van der Waals surface area contributed by atoms with Crippen LogP contribution in [0.3, 0.4) is 0 Å². The van der Waals surface area contributed by atoms with Gasteiger partial charge in [0.2, 0.25) is 0 Å². The fraction of sp³-hybridized carbons (Fsp3) is 0.174. The summed E-state index contributed by atoms with van der Waals surface area (Å²) < 4.78 is 35.0. The lowest BCUT2D eigenvalue weighted by Crippen LogP contribution is -2.07. The van der Waals surface area contributed by atoms with Gasteiger partial charge in [0.1, 0.15) is 5.75 Å². The topological polar surface area (TPSA) is 91.3 Å². The number of methoxy groups -OCH3 is 1. The maximum atomic E-state index is 13.5. The zero-order valence-electron chi connectivity index (χ0n) is 17.0. The molecule has 0 aliphatic rings. The van der Waals surface area contributed by atoms with E-state index < -0.39 is 20.4 Å². The van der Waals surface area contributed by atoms with Crippen molar-refractivity contribution in [1.82, 2.24) is 0 Å². The third-order valence-electron chi connectivity index (χ3n) is 4.33. The molecule has 3 aromatic carbocycles. The highest BCUT2D eigenvalue weighted by Crippen LogP contribution is 2.51. The quantitative estimate of drug-likeness (QED) is 0.353. The average molecular weight is 442 g/mol. The third-order valence-corrected chi connectivity index (χ3v) is 5.64. The Kier molecular flexibility index (Phi) is 7.98. The Bertz CT molecular complexity index is 991. The Morgan fingerprint density at radius 1 is 0.871 bits per heavy atom. The predicted octanol–water partition coefficient (Wildman–Crippen LogP) is 4.89. The number of carbonyl (C=O) groups excluding carboxylic acids is 1. The standard InChI is InChI=1S/C23H23O7P/c1-27-23(25)20-12-13-21(15-24)22(14-20)30-31(26,28-16-18-8-4-2-5-9-18)29-17-19-10-6-3-7-11-19/h2-14,24H,15-17H2,1H3. The van der Waals surface area contributed by atoms with Crippen LogP contribution in [0.2, 0.25) is 0 Å². The number of phosphoric ester groups is 1. The highest BCUT2D eigenvalue weighted by molar-refractivity contribution is 7.48. The summed E-state index contributed by atoms with van der Waals surface area (Å²) in [7, 11) is -2.88. The van der Waals surface area contributed by atoms with Crippen molar-refractivity contribution in [2.75, 3.05) is 7.11 Å². The molecule has 0 aliphatic carbocycles. The van der Waals surface area contributed by atoms with E-state index in [1.165, 1.54) is 25.3 Å². The molecule has 0 spiro atoms. The van der Waals surface area contributed by atoms with Crippen molar-refractivity contribution < 1.29 is 32.8 Å². The van der Waals surface area contributed by atoms with Gasteiger partial charge in [-0.25, -0.2) is 9.36 Å². The summed E-state index contributed by atoms with van der Waals surface area (Å²) in [6, 6.07) is 22.6. The summed E-state index contributed by atoms with van der Waals surface area (Å²) in [5, 5.41) is 9.65. The van der Waals surface area contributed by atoms with Gasteiger partial charge in [0.05, 0.1) is 32.5 Å². The first-order chi connectivity index (χ1) is 15.0. The molecule has 0 fully saturated rings. The molecule has 0 atom stereocenters. The van der Waals surface area contributed by atoms with Gasteiger partial charge in [-0.1, -0.05) is 66.7 Å². The van der Waals surface area contributed by atoms with Crippen LogP contribution in [-0.2, 0) is 38.2 Å². The molecular weight excluding hydrogens is 419 g/mol. The second-order valence-corrected chi connectivity index (χ2v) is 8.12. The minimum Gasteiger partial charge on any atom is -0.465 e. The van der Waals surface area contributed by atoms with E-state index in [0.29, 0.717) is 5.56 Å². The molecule has 0 heterocycles. The smallest absolute Gasteiger partial charge is 0.465 e. The molecule has 0 saturated heterocycles. The lowest BCUT2D eigenvalue weighted by atomic mass is 10.1. The highest BCUT2D eigenvalue weighted by atomic mass is 31.2. The van der Waals surface area contributed by atoms with E-state index in [-0.39, 0.29) is 24.5 Å². The lowest BCUT2D eigenvalue weighted by molar-refractivity contribution is 0.0599. The largest absolute Gasteiger partial charge is 0.530 e. The minimum atomic E-state index is -4.13. The Balaban J connectivity index is 1.86. The third kappa shape index (κ3) is 6.51. The number of ether oxygens (including phenoxy) is 1. The normalized spacial score (nSPS) is 11.2. The van der Waals surface area contributed by atoms with Gasteiger partial charge >= 0.3 is 13.8 Å².